The average Bonchev–Trinajstić information content (AvgIpc) is 2.50. The van der Waals surface area contributed by atoms with Crippen LogP contribution in [0, 0.1) is 11.6 Å². The molecule has 0 saturated carbocycles. The Morgan fingerprint density at radius 3 is 1.95 bits per heavy atom. The summed E-state index contributed by atoms with van der Waals surface area (Å²) in [6, 6.07) is 8.47. The number of hydrogen-bond donors (Lipinski definition) is 0. The van der Waals surface area contributed by atoms with Crippen LogP contribution in [0.1, 0.15) is 23.6 Å². The van der Waals surface area contributed by atoms with E-state index in [1.165, 1.54) is 12.1 Å². The molecular formula is C17H12F4. The molecule has 0 heterocycles. The van der Waals surface area contributed by atoms with Crippen LogP contribution in [0.3, 0.4) is 0 Å². The maximum Gasteiger partial charge on any atom is 0.166 e. The van der Waals surface area contributed by atoms with Crippen molar-refractivity contribution in [1.29, 1.82) is 0 Å². The van der Waals surface area contributed by atoms with Crippen LogP contribution in [-0.4, -0.2) is 0 Å². The highest BCUT2D eigenvalue weighted by Gasteiger charge is 2.13. The first-order valence-corrected chi connectivity index (χ1v) is 6.26. The second kappa shape index (κ2) is 6.39. The molecule has 0 saturated heterocycles. The van der Waals surface area contributed by atoms with Crippen molar-refractivity contribution < 1.29 is 17.6 Å². The third kappa shape index (κ3) is 3.40. The summed E-state index contributed by atoms with van der Waals surface area (Å²) in [5.74, 6) is -4.68. The van der Waals surface area contributed by atoms with Crippen molar-refractivity contribution in [2.24, 2.45) is 0 Å². The lowest BCUT2D eigenvalue weighted by atomic mass is 10.1. The van der Waals surface area contributed by atoms with Crippen LogP contribution in [0.2, 0.25) is 0 Å². The summed E-state index contributed by atoms with van der Waals surface area (Å²) in [5, 5.41) is 0. The zero-order chi connectivity index (χ0) is 15.4. The minimum atomic E-state index is -1.23. The predicted molar refractivity (Wildman–Crippen MR) is 76.5 cm³/mol. The van der Waals surface area contributed by atoms with Crippen molar-refractivity contribution in [3.05, 3.63) is 76.9 Å². The summed E-state index contributed by atoms with van der Waals surface area (Å²) in [4.78, 5) is 0. The van der Waals surface area contributed by atoms with Crippen LogP contribution in [0.4, 0.5) is 17.6 Å². The van der Waals surface area contributed by atoms with Gasteiger partial charge in [0.15, 0.2) is 23.3 Å². The van der Waals surface area contributed by atoms with Gasteiger partial charge in [-0.3, -0.25) is 0 Å². The van der Waals surface area contributed by atoms with Gasteiger partial charge >= 0.3 is 0 Å². The first kappa shape index (κ1) is 15.0. The quantitative estimate of drug-likeness (QED) is 0.498. The van der Waals surface area contributed by atoms with Gasteiger partial charge in [-0.25, -0.2) is 17.6 Å². The molecule has 0 fully saturated rings. The Hall–Kier alpha value is -2.36. The molecule has 4 heteroatoms. The number of rotatable bonds is 3. The Bertz CT molecular complexity index is 697. The van der Waals surface area contributed by atoms with E-state index in [1.807, 2.05) is 19.1 Å². The fraction of sp³-hybridized carbons (Fsp3) is 0.0588. The summed E-state index contributed by atoms with van der Waals surface area (Å²) in [6.45, 7) is 1.84. The highest BCUT2D eigenvalue weighted by Crippen LogP contribution is 2.29. The Morgan fingerprint density at radius 1 is 0.810 bits per heavy atom. The third-order valence-electron chi connectivity index (χ3n) is 2.89. The number of halogens is 4. The van der Waals surface area contributed by atoms with Crippen LogP contribution in [0.5, 0.6) is 0 Å². The molecule has 0 N–H and O–H groups in total. The second-order valence-corrected chi connectivity index (χ2v) is 4.38. The lowest BCUT2D eigenvalue weighted by molar-refractivity contribution is 0.507. The maximum absolute atomic E-state index is 14.0. The third-order valence-corrected chi connectivity index (χ3v) is 2.89. The van der Waals surface area contributed by atoms with Gasteiger partial charge in [-0.1, -0.05) is 36.4 Å². The molecule has 0 aromatic heterocycles. The molecule has 21 heavy (non-hydrogen) atoms. The van der Waals surface area contributed by atoms with E-state index in [9.17, 15) is 17.6 Å². The summed E-state index contributed by atoms with van der Waals surface area (Å²) >= 11 is 0. The minimum Gasteiger partial charge on any atom is -0.204 e. The fourth-order valence-corrected chi connectivity index (χ4v) is 1.82. The molecule has 0 bridgehead atoms. The van der Waals surface area contributed by atoms with Gasteiger partial charge in [-0.2, -0.15) is 0 Å². The van der Waals surface area contributed by atoms with E-state index in [0.717, 1.165) is 17.7 Å². The topological polar surface area (TPSA) is 0 Å². The second-order valence-electron chi connectivity index (χ2n) is 4.38. The average molecular weight is 292 g/mol. The van der Waals surface area contributed by atoms with Crippen molar-refractivity contribution in [3.63, 3.8) is 0 Å². The van der Waals surface area contributed by atoms with Crippen LogP contribution in [-0.2, 0) is 0 Å². The molecule has 2 aromatic carbocycles. The van der Waals surface area contributed by atoms with E-state index in [0.29, 0.717) is 6.07 Å². The Morgan fingerprint density at radius 2 is 1.38 bits per heavy atom. The van der Waals surface area contributed by atoms with E-state index < -0.39 is 23.3 Å². The van der Waals surface area contributed by atoms with Gasteiger partial charge in [0.1, 0.15) is 0 Å². The SMILES string of the molecule is CC=Cc1ccc(C(F)=C(F)c2ccc(F)c(F)c2)cc1. The monoisotopic (exact) mass is 292 g/mol. The molecule has 0 radical (unpaired) electrons. The molecule has 0 aliphatic carbocycles. The smallest absolute Gasteiger partial charge is 0.166 e. The largest absolute Gasteiger partial charge is 0.204 e. The zero-order valence-electron chi connectivity index (χ0n) is 11.2. The van der Waals surface area contributed by atoms with E-state index in [2.05, 4.69) is 0 Å². The zero-order valence-corrected chi connectivity index (χ0v) is 11.2. The van der Waals surface area contributed by atoms with Crippen LogP contribution in [0.25, 0.3) is 17.7 Å². The summed E-state index contributed by atoms with van der Waals surface area (Å²) < 4.78 is 53.8. The van der Waals surface area contributed by atoms with Gasteiger partial charge in [0, 0.05) is 11.1 Å². The molecule has 2 aromatic rings. The first-order valence-electron chi connectivity index (χ1n) is 6.26. The Kier molecular flexibility index (Phi) is 4.58. The molecule has 0 aliphatic heterocycles. The standard InChI is InChI=1S/C17H12F4/c1-2-3-11-4-6-12(7-5-11)16(20)17(21)13-8-9-14(18)15(19)10-13/h2-10H,1H3. The van der Waals surface area contributed by atoms with Gasteiger partial charge in [-0.15, -0.1) is 0 Å². The van der Waals surface area contributed by atoms with Crippen LogP contribution < -0.4 is 0 Å². The normalized spacial score (nSPS) is 12.6. The summed E-state index contributed by atoms with van der Waals surface area (Å²) in [6.07, 6.45) is 3.64. The molecular weight excluding hydrogens is 280 g/mol. The lowest BCUT2D eigenvalue weighted by Gasteiger charge is -2.03. The minimum absolute atomic E-state index is 0.0329. The predicted octanol–water partition coefficient (Wildman–Crippen LogP) is 5.76. The Balaban J connectivity index is 2.39. The van der Waals surface area contributed by atoms with E-state index in [-0.39, 0.29) is 11.1 Å². The fourth-order valence-electron chi connectivity index (χ4n) is 1.82. The number of benzene rings is 2. The molecule has 0 spiro atoms. The number of allylic oxidation sites excluding steroid dienone is 1. The molecule has 0 amide bonds. The first-order chi connectivity index (χ1) is 10.0. The van der Waals surface area contributed by atoms with E-state index in [1.54, 1.807) is 12.1 Å². The van der Waals surface area contributed by atoms with Gasteiger partial charge in [0.05, 0.1) is 0 Å². The lowest BCUT2D eigenvalue weighted by Crippen LogP contribution is -1.89. The van der Waals surface area contributed by atoms with Crippen molar-refractivity contribution in [1.82, 2.24) is 0 Å². The van der Waals surface area contributed by atoms with Crippen molar-refractivity contribution in [2.75, 3.05) is 0 Å². The van der Waals surface area contributed by atoms with Gasteiger partial charge in [0.2, 0.25) is 0 Å². The van der Waals surface area contributed by atoms with Crippen molar-refractivity contribution >= 4 is 17.7 Å². The molecule has 0 nitrogen and oxygen atoms in total. The molecule has 2 rings (SSSR count). The maximum atomic E-state index is 14.0. The molecule has 0 atom stereocenters. The van der Waals surface area contributed by atoms with Crippen molar-refractivity contribution in [2.45, 2.75) is 6.92 Å². The summed E-state index contributed by atoms with van der Waals surface area (Å²) in [5.41, 5.74) is 0.539. The number of hydrogen-bond acceptors (Lipinski definition) is 0. The van der Waals surface area contributed by atoms with Gasteiger partial charge < -0.3 is 0 Å². The van der Waals surface area contributed by atoms with Crippen LogP contribution in [0.15, 0.2) is 48.5 Å². The van der Waals surface area contributed by atoms with Crippen LogP contribution >= 0.6 is 0 Å². The van der Waals surface area contributed by atoms with E-state index in [4.69, 9.17) is 0 Å². The molecule has 108 valence electrons. The summed E-state index contributed by atoms with van der Waals surface area (Å²) in [7, 11) is 0. The highest BCUT2D eigenvalue weighted by atomic mass is 19.2. The molecule has 0 unspecified atom stereocenters. The van der Waals surface area contributed by atoms with Gasteiger partial charge in [-0.05, 0) is 30.7 Å². The van der Waals surface area contributed by atoms with Crippen molar-refractivity contribution in [3.8, 4) is 0 Å². The Labute approximate surface area is 120 Å². The molecule has 0 aliphatic rings. The van der Waals surface area contributed by atoms with Gasteiger partial charge in [0.25, 0.3) is 0 Å². The van der Waals surface area contributed by atoms with E-state index >= 15 is 0 Å². The highest BCUT2D eigenvalue weighted by molar-refractivity contribution is 5.83.